The van der Waals surface area contributed by atoms with Crippen LogP contribution in [0.3, 0.4) is 0 Å². The highest BCUT2D eigenvalue weighted by molar-refractivity contribution is 5.55. The van der Waals surface area contributed by atoms with Gasteiger partial charge in [0.1, 0.15) is 5.82 Å². The number of benzene rings is 1. The molecule has 0 radical (unpaired) electrons. The minimum Gasteiger partial charge on any atom is -0.363 e. The number of rotatable bonds is 1. The summed E-state index contributed by atoms with van der Waals surface area (Å²) in [6, 6.07) is 14.3. The second-order valence-electron chi connectivity index (χ2n) is 4.56. The fourth-order valence-electron chi connectivity index (χ4n) is 2.40. The van der Waals surface area contributed by atoms with Gasteiger partial charge in [-0.15, -0.1) is 0 Å². The lowest BCUT2D eigenvalue weighted by Gasteiger charge is -2.12. The summed E-state index contributed by atoms with van der Waals surface area (Å²) in [5.74, 6) is 0.952. The van der Waals surface area contributed by atoms with Crippen molar-refractivity contribution in [2.75, 3.05) is 5.32 Å². The summed E-state index contributed by atoms with van der Waals surface area (Å²) in [4.78, 5) is 4.49. The first-order valence-corrected chi connectivity index (χ1v) is 6.00. The molecule has 2 heterocycles. The molecule has 0 spiro atoms. The van der Waals surface area contributed by atoms with Gasteiger partial charge in [-0.1, -0.05) is 24.3 Å². The molecule has 1 aliphatic heterocycles. The van der Waals surface area contributed by atoms with Gasteiger partial charge >= 0.3 is 0 Å². The molecule has 2 aromatic rings. The monoisotopic (exact) mass is 235 g/mol. The number of anilines is 1. The number of fused-ring (bicyclic) bond motifs is 1. The van der Waals surface area contributed by atoms with Gasteiger partial charge in [0, 0.05) is 12.1 Å². The number of nitrogens with one attached hydrogen (secondary N) is 1. The predicted octanol–water partition coefficient (Wildman–Crippen LogP) is 2.97. The summed E-state index contributed by atoms with van der Waals surface area (Å²) in [6.45, 7) is 1.98. The minimum atomic E-state index is 0.158. The van der Waals surface area contributed by atoms with Crippen LogP contribution >= 0.6 is 0 Å². The van der Waals surface area contributed by atoms with Crippen molar-refractivity contribution >= 4 is 5.82 Å². The fraction of sp³-hybridized carbons (Fsp3) is 0.200. The zero-order chi connectivity index (χ0) is 12.5. The summed E-state index contributed by atoms with van der Waals surface area (Å²) >= 11 is 0. The van der Waals surface area contributed by atoms with Crippen molar-refractivity contribution in [2.24, 2.45) is 0 Å². The molecule has 18 heavy (non-hydrogen) atoms. The van der Waals surface area contributed by atoms with Crippen LogP contribution in [0, 0.1) is 18.3 Å². The van der Waals surface area contributed by atoms with Crippen molar-refractivity contribution in [3.63, 3.8) is 0 Å². The number of hydrogen-bond acceptors (Lipinski definition) is 3. The lowest BCUT2D eigenvalue weighted by atomic mass is 9.98. The fourth-order valence-corrected chi connectivity index (χ4v) is 2.40. The quantitative estimate of drug-likeness (QED) is 0.826. The van der Waals surface area contributed by atoms with Crippen molar-refractivity contribution in [1.29, 1.82) is 5.26 Å². The Morgan fingerprint density at radius 2 is 2.11 bits per heavy atom. The summed E-state index contributed by atoms with van der Waals surface area (Å²) in [5.41, 5.74) is 4.02. The summed E-state index contributed by atoms with van der Waals surface area (Å²) in [6.07, 6.45) is 0.890. The van der Waals surface area contributed by atoms with E-state index in [9.17, 15) is 0 Å². The second-order valence-corrected chi connectivity index (χ2v) is 4.56. The van der Waals surface area contributed by atoms with Gasteiger partial charge in [-0.2, -0.15) is 5.26 Å². The van der Waals surface area contributed by atoms with E-state index in [2.05, 4.69) is 22.4 Å². The van der Waals surface area contributed by atoms with Gasteiger partial charge < -0.3 is 5.32 Å². The highest BCUT2D eigenvalue weighted by Crippen LogP contribution is 2.33. The standard InChI is InChI=1S/C15H13N3/c1-10-6-7-11-8-14(18-15(11)17-10)13-5-3-2-4-12(13)9-16/h2-7,14H,8H2,1H3,(H,17,18). The molecule has 0 saturated heterocycles. The van der Waals surface area contributed by atoms with Gasteiger partial charge in [-0.25, -0.2) is 4.98 Å². The van der Waals surface area contributed by atoms with E-state index in [-0.39, 0.29) is 6.04 Å². The molecule has 3 nitrogen and oxygen atoms in total. The number of aromatic nitrogens is 1. The topological polar surface area (TPSA) is 48.7 Å². The van der Waals surface area contributed by atoms with Crippen LogP contribution in [0.25, 0.3) is 0 Å². The Bertz CT molecular complexity index is 640. The van der Waals surface area contributed by atoms with Crippen molar-refractivity contribution < 1.29 is 0 Å². The first kappa shape index (κ1) is 10.8. The molecule has 0 bridgehead atoms. The third-order valence-electron chi connectivity index (χ3n) is 3.31. The molecule has 0 fully saturated rings. The molecular weight excluding hydrogens is 222 g/mol. The Morgan fingerprint density at radius 3 is 2.94 bits per heavy atom. The minimum absolute atomic E-state index is 0.158. The molecule has 1 aliphatic rings. The van der Waals surface area contributed by atoms with E-state index in [4.69, 9.17) is 5.26 Å². The summed E-state index contributed by atoms with van der Waals surface area (Å²) in [7, 11) is 0. The Kier molecular flexibility index (Phi) is 2.49. The number of aryl methyl sites for hydroxylation is 1. The largest absolute Gasteiger partial charge is 0.363 e. The maximum Gasteiger partial charge on any atom is 0.130 e. The average Bonchev–Trinajstić information content (AvgIpc) is 2.81. The van der Waals surface area contributed by atoms with Crippen molar-refractivity contribution in [3.05, 3.63) is 58.8 Å². The molecule has 3 heteroatoms. The lowest BCUT2D eigenvalue weighted by molar-refractivity contribution is 0.820. The lowest BCUT2D eigenvalue weighted by Crippen LogP contribution is -2.08. The number of nitrogens with zero attached hydrogens (tertiary/aromatic N) is 2. The maximum atomic E-state index is 9.15. The average molecular weight is 235 g/mol. The predicted molar refractivity (Wildman–Crippen MR) is 70.2 cm³/mol. The van der Waals surface area contributed by atoms with E-state index >= 15 is 0 Å². The normalized spacial score (nSPS) is 16.8. The maximum absolute atomic E-state index is 9.15. The van der Waals surface area contributed by atoms with Crippen molar-refractivity contribution in [3.8, 4) is 6.07 Å². The van der Waals surface area contributed by atoms with Gasteiger partial charge in [-0.3, -0.25) is 0 Å². The zero-order valence-electron chi connectivity index (χ0n) is 10.1. The molecular formula is C15H13N3. The Morgan fingerprint density at radius 1 is 1.28 bits per heavy atom. The summed E-state index contributed by atoms with van der Waals surface area (Å²) < 4.78 is 0. The number of pyridine rings is 1. The zero-order valence-corrected chi connectivity index (χ0v) is 10.1. The summed E-state index contributed by atoms with van der Waals surface area (Å²) in [5, 5.41) is 12.6. The molecule has 0 aliphatic carbocycles. The molecule has 0 amide bonds. The van der Waals surface area contributed by atoms with E-state index in [0.717, 1.165) is 29.1 Å². The third-order valence-corrected chi connectivity index (χ3v) is 3.31. The third kappa shape index (κ3) is 1.72. The Labute approximate surface area is 106 Å². The van der Waals surface area contributed by atoms with E-state index in [1.807, 2.05) is 37.3 Å². The van der Waals surface area contributed by atoms with Crippen molar-refractivity contribution in [1.82, 2.24) is 4.98 Å². The molecule has 3 rings (SSSR count). The molecule has 1 atom stereocenters. The first-order valence-electron chi connectivity index (χ1n) is 6.00. The van der Waals surface area contributed by atoms with E-state index in [1.165, 1.54) is 5.56 Å². The van der Waals surface area contributed by atoms with E-state index in [0.29, 0.717) is 0 Å². The second kappa shape index (κ2) is 4.15. The molecule has 1 N–H and O–H groups in total. The van der Waals surface area contributed by atoms with Crippen LogP contribution in [0.15, 0.2) is 36.4 Å². The van der Waals surface area contributed by atoms with Crippen molar-refractivity contribution in [2.45, 2.75) is 19.4 Å². The number of nitriles is 1. The van der Waals surface area contributed by atoms with Gasteiger partial charge in [0.15, 0.2) is 0 Å². The van der Waals surface area contributed by atoms with Gasteiger partial charge in [-0.05, 0) is 30.2 Å². The highest BCUT2D eigenvalue weighted by Gasteiger charge is 2.24. The van der Waals surface area contributed by atoms with E-state index in [1.54, 1.807) is 0 Å². The molecule has 1 unspecified atom stereocenters. The Balaban J connectivity index is 1.97. The van der Waals surface area contributed by atoms with Crippen LogP contribution < -0.4 is 5.32 Å². The Hall–Kier alpha value is -2.34. The molecule has 0 saturated carbocycles. The van der Waals surface area contributed by atoms with Crippen LogP contribution in [0.5, 0.6) is 0 Å². The van der Waals surface area contributed by atoms with Crippen LogP contribution in [0.2, 0.25) is 0 Å². The van der Waals surface area contributed by atoms with E-state index < -0.39 is 0 Å². The van der Waals surface area contributed by atoms with Gasteiger partial charge in [0.05, 0.1) is 17.7 Å². The van der Waals surface area contributed by atoms with Crippen LogP contribution in [0.1, 0.15) is 28.4 Å². The van der Waals surface area contributed by atoms with Crippen LogP contribution in [-0.4, -0.2) is 4.98 Å². The molecule has 1 aromatic carbocycles. The van der Waals surface area contributed by atoms with Crippen LogP contribution in [0.4, 0.5) is 5.82 Å². The van der Waals surface area contributed by atoms with Gasteiger partial charge in [0.2, 0.25) is 0 Å². The SMILES string of the molecule is Cc1ccc2c(n1)NC(c1ccccc1C#N)C2. The number of hydrogen-bond donors (Lipinski definition) is 1. The smallest absolute Gasteiger partial charge is 0.130 e. The highest BCUT2D eigenvalue weighted by atomic mass is 15.0. The molecule has 1 aromatic heterocycles. The van der Waals surface area contributed by atoms with Crippen LogP contribution in [-0.2, 0) is 6.42 Å². The first-order chi connectivity index (χ1) is 8.78. The molecule has 88 valence electrons. The van der Waals surface area contributed by atoms with Gasteiger partial charge in [0.25, 0.3) is 0 Å².